The predicted molar refractivity (Wildman–Crippen MR) is 65.6 cm³/mol. The van der Waals surface area contributed by atoms with Gasteiger partial charge in [0.15, 0.2) is 0 Å². The number of rotatable bonds is 5. The maximum atomic E-state index is 11.3. The molecule has 0 atom stereocenters. The lowest BCUT2D eigenvalue weighted by Gasteiger charge is -2.19. The molecule has 5 heteroatoms. The minimum absolute atomic E-state index is 0.344. The lowest BCUT2D eigenvalue weighted by Crippen LogP contribution is -2.37. The highest BCUT2D eigenvalue weighted by Gasteiger charge is 2.16. The summed E-state index contributed by atoms with van der Waals surface area (Å²) in [4.78, 5) is 16.7. The Morgan fingerprint density at radius 2 is 1.88 bits per heavy atom. The number of carbonyl (C=O) groups is 1. The van der Waals surface area contributed by atoms with E-state index in [0.29, 0.717) is 19.2 Å². The van der Waals surface area contributed by atoms with Crippen molar-refractivity contribution in [3.63, 3.8) is 0 Å². The number of amides is 1. The Morgan fingerprint density at radius 1 is 1.24 bits per heavy atom. The molecule has 1 saturated carbocycles. The van der Waals surface area contributed by atoms with Crippen LogP contribution in [0.5, 0.6) is 0 Å². The van der Waals surface area contributed by atoms with Crippen LogP contribution in [-0.2, 0) is 9.57 Å². The largest absolute Gasteiger partial charge is 0.444 e. The summed E-state index contributed by atoms with van der Waals surface area (Å²) in [7, 11) is 0. The van der Waals surface area contributed by atoms with Gasteiger partial charge >= 0.3 is 6.09 Å². The number of ether oxygens (including phenoxy) is 1. The summed E-state index contributed by atoms with van der Waals surface area (Å²) < 4.78 is 5.10. The van der Waals surface area contributed by atoms with Crippen molar-refractivity contribution in [3.05, 3.63) is 0 Å². The fraction of sp³-hybridized carbons (Fsp3) is 0.917. The molecular weight excluding hydrogens is 220 g/mol. The number of alkyl carbamates (subject to hydrolysis) is 1. The highest BCUT2D eigenvalue weighted by Crippen LogP contribution is 2.19. The van der Waals surface area contributed by atoms with Crippen LogP contribution in [0.3, 0.4) is 0 Å². The van der Waals surface area contributed by atoms with Gasteiger partial charge in [-0.05, 0) is 33.6 Å². The number of hydrogen-bond acceptors (Lipinski definition) is 4. The van der Waals surface area contributed by atoms with Gasteiger partial charge < -0.3 is 10.1 Å². The molecule has 1 fully saturated rings. The highest BCUT2D eigenvalue weighted by atomic mass is 16.7. The number of carbonyl (C=O) groups excluding carboxylic acids is 1. The van der Waals surface area contributed by atoms with Gasteiger partial charge in [-0.15, -0.1) is 0 Å². The van der Waals surface area contributed by atoms with Gasteiger partial charge in [-0.3, -0.25) is 4.84 Å². The number of nitrogens with one attached hydrogen (secondary N) is 2. The normalized spacial score (nSPS) is 17.1. The van der Waals surface area contributed by atoms with Crippen LogP contribution < -0.4 is 10.8 Å². The molecule has 1 aliphatic carbocycles. The van der Waals surface area contributed by atoms with E-state index in [1.54, 1.807) is 0 Å². The zero-order valence-electron chi connectivity index (χ0n) is 11.0. The van der Waals surface area contributed by atoms with Crippen LogP contribution in [0.2, 0.25) is 0 Å². The second kappa shape index (κ2) is 6.81. The first-order chi connectivity index (χ1) is 7.97. The molecule has 17 heavy (non-hydrogen) atoms. The smallest absolute Gasteiger partial charge is 0.407 e. The van der Waals surface area contributed by atoms with Gasteiger partial charge in [0.2, 0.25) is 0 Å². The van der Waals surface area contributed by atoms with Crippen LogP contribution >= 0.6 is 0 Å². The van der Waals surface area contributed by atoms with E-state index in [1.807, 2.05) is 20.8 Å². The second-order valence-electron chi connectivity index (χ2n) is 5.35. The van der Waals surface area contributed by atoms with Crippen molar-refractivity contribution in [1.82, 2.24) is 10.8 Å². The molecule has 0 aromatic carbocycles. The third-order valence-electron chi connectivity index (χ3n) is 2.45. The van der Waals surface area contributed by atoms with Crippen LogP contribution in [0.15, 0.2) is 0 Å². The Balaban J connectivity index is 1.94. The van der Waals surface area contributed by atoms with Gasteiger partial charge in [-0.2, -0.15) is 0 Å². The first-order valence-corrected chi connectivity index (χ1v) is 6.33. The van der Waals surface area contributed by atoms with Gasteiger partial charge in [0, 0.05) is 13.1 Å². The Morgan fingerprint density at radius 3 is 2.47 bits per heavy atom. The third-order valence-corrected chi connectivity index (χ3v) is 2.45. The van der Waals surface area contributed by atoms with Crippen molar-refractivity contribution in [3.8, 4) is 0 Å². The lowest BCUT2D eigenvalue weighted by molar-refractivity contribution is -0.0200. The maximum absolute atomic E-state index is 11.3. The quantitative estimate of drug-likeness (QED) is 0.573. The zero-order valence-corrected chi connectivity index (χ0v) is 11.0. The molecule has 0 aromatic rings. The Bertz CT molecular complexity index is 232. The number of hydrogen-bond donors (Lipinski definition) is 2. The molecule has 100 valence electrons. The molecule has 0 aliphatic heterocycles. The van der Waals surface area contributed by atoms with Gasteiger partial charge in [0.25, 0.3) is 0 Å². The standard InChI is InChI=1S/C12H24N2O3/c1-12(2,3)16-11(15)13-8-9-14-17-10-6-4-5-7-10/h10,14H,4-9H2,1-3H3,(H,13,15). The van der Waals surface area contributed by atoms with Crippen molar-refractivity contribution in [2.24, 2.45) is 0 Å². The minimum atomic E-state index is -0.447. The van der Waals surface area contributed by atoms with E-state index >= 15 is 0 Å². The van der Waals surface area contributed by atoms with Crippen LogP contribution in [0, 0.1) is 0 Å². The summed E-state index contributed by atoms with van der Waals surface area (Å²) in [6.45, 7) is 6.62. The van der Waals surface area contributed by atoms with Crippen LogP contribution in [0.1, 0.15) is 46.5 Å². The molecule has 0 saturated heterocycles. The maximum Gasteiger partial charge on any atom is 0.407 e. The fourth-order valence-corrected chi connectivity index (χ4v) is 1.71. The summed E-state index contributed by atoms with van der Waals surface area (Å²) in [5.74, 6) is 0. The van der Waals surface area contributed by atoms with Gasteiger partial charge in [-0.1, -0.05) is 12.8 Å². The Hall–Kier alpha value is -0.810. The van der Waals surface area contributed by atoms with E-state index in [2.05, 4.69) is 10.8 Å². The third kappa shape index (κ3) is 7.18. The summed E-state index contributed by atoms with van der Waals surface area (Å²) >= 11 is 0. The van der Waals surface area contributed by atoms with E-state index in [4.69, 9.17) is 9.57 Å². The van der Waals surface area contributed by atoms with Crippen LogP contribution in [0.4, 0.5) is 4.79 Å². The second-order valence-corrected chi connectivity index (χ2v) is 5.35. The molecule has 1 aliphatic rings. The van der Waals surface area contributed by atoms with Crippen molar-refractivity contribution in [2.45, 2.75) is 58.2 Å². The van der Waals surface area contributed by atoms with Gasteiger partial charge in [0.1, 0.15) is 5.60 Å². The molecule has 0 aromatic heterocycles. The minimum Gasteiger partial charge on any atom is -0.444 e. The van der Waals surface area contributed by atoms with Crippen LogP contribution in [-0.4, -0.2) is 30.9 Å². The van der Waals surface area contributed by atoms with Gasteiger partial charge in [-0.25, -0.2) is 10.3 Å². The molecule has 1 amide bonds. The number of hydroxylamine groups is 1. The van der Waals surface area contributed by atoms with Crippen molar-refractivity contribution in [2.75, 3.05) is 13.1 Å². The molecule has 0 radical (unpaired) electrons. The zero-order chi connectivity index (χ0) is 12.7. The van der Waals surface area contributed by atoms with E-state index < -0.39 is 5.60 Å². The van der Waals surface area contributed by atoms with Crippen molar-refractivity contribution >= 4 is 6.09 Å². The SMILES string of the molecule is CC(C)(C)OC(=O)NCCNOC1CCCC1. The molecule has 2 N–H and O–H groups in total. The molecule has 5 nitrogen and oxygen atoms in total. The predicted octanol–water partition coefficient (Wildman–Crippen LogP) is 1.97. The average molecular weight is 244 g/mol. The summed E-state index contributed by atoms with van der Waals surface area (Å²) in [5, 5.41) is 2.66. The molecule has 0 bridgehead atoms. The monoisotopic (exact) mass is 244 g/mol. The molecule has 0 spiro atoms. The molecule has 1 rings (SSSR count). The Labute approximate surface area is 103 Å². The highest BCUT2D eigenvalue weighted by molar-refractivity contribution is 5.67. The van der Waals surface area contributed by atoms with Crippen LogP contribution in [0.25, 0.3) is 0 Å². The average Bonchev–Trinajstić information content (AvgIpc) is 2.67. The van der Waals surface area contributed by atoms with E-state index in [9.17, 15) is 4.79 Å². The van der Waals surface area contributed by atoms with Crippen molar-refractivity contribution < 1.29 is 14.4 Å². The summed E-state index contributed by atoms with van der Waals surface area (Å²) in [6, 6.07) is 0. The lowest BCUT2D eigenvalue weighted by atomic mass is 10.2. The van der Waals surface area contributed by atoms with E-state index in [-0.39, 0.29) is 6.09 Å². The summed E-state index contributed by atoms with van der Waals surface area (Å²) in [6.07, 6.45) is 4.72. The van der Waals surface area contributed by atoms with E-state index in [1.165, 1.54) is 12.8 Å². The molecule has 0 unspecified atom stereocenters. The van der Waals surface area contributed by atoms with Crippen molar-refractivity contribution in [1.29, 1.82) is 0 Å². The molecule has 0 heterocycles. The first-order valence-electron chi connectivity index (χ1n) is 6.33. The topological polar surface area (TPSA) is 59.6 Å². The first kappa shape index (κ1) is 14.3. The van der Waals surface area contributed by atoms with E-state index in [0.717, 1.165) is 12.8 Å². The molecular formula is C12H24N2O3. The van der Waals surface area contributed by atoms with Gasteiger partial charge in [0.05, 0.1) is 6.10 Å². The summed E-state index contributed by atoms with van der Waals surface area (Å²) in [5.41, 5.74) is 2.43. The Kier molecular flexibility index (Phi) is 5.71. The fourth-order valence-electron chi connectivity index (χ4n) is 1.71.